The Balaban J connectivity index is 2.81. The molecule has 0 bridgehead atoms. The number of thiazole rings is 1. The van der Waals surface area contributed by atoms with Gasteiger partial charge < -0.3 is 10.5 Å². The lowest BCUT2D eigenvalue weighted by Gasteiger charge is -1.97. The van der Waals surface area contributed by atoms with Crippen LogP contribution in [-0.4, -0.2) is 28.4 Å². The van der Waals surface area contributed by atoms with Crippen LogP contribution in [-0.2, 0) is 9.53 Å². The number of carbonyl (C=O) groups excluding carboxylic acids is 2. The summed E-state index contributed by atoms with van der Waals surface area (Å²) in [4.78, 5) is 26.6. The summed E-state index contributed by atoms with van der Waals surface area (Å²) in [7, 11) is 0. The summed E-state index contributed by atoms with van der Waals surface area (Å²) in [6.45, 7) is 3.45. The first-order chi connectivity index (χ1) is 8.54. The van der Waals surface area contributed by atoms with E-state index in [0.717, 1.165) is 23.1 Å². The zero-order chi connectivity index (χ0) is 13.5. The van der Waals surface area contributed by atoms with Gasteiger partial charge in [0.05, 0.1) is 12.4 Å². The molecule has 0 aromatic carbocycles. The molecule has 0 saturated heterocycles. The SMILES string of the molecule is CCOC(=O)c1nc(N)sc1C#CCSC(C)=O. The van der Waals surface area contributed by atoms with Crippen LogP contribution in [0.5, 0.6) is 0 Å². The van der Waals surface area contributed by atoms with E-state index in [2.05, 4.69) is 16.8 Å². The van der Waals surface area contributed by atoms with Crippen molar-refractivity contribution in [3.63, 3.8) is 0 Å². The van der Waals surface area contributed by atoms with Crippen molar-refractivity contribution in [1.29, 1.82) is 0 Å². The Kier molecular flexibility index (Phi) is 5.68. The highest BCUT2D eigenvalue weighted by Crippen LogP contribution is 2.20. The van der Waals surface area contributed by atoms with Gasteiger partial charge in [-0.05, 0) is 6.92 Å². The Hall–Kier alpha value is -1.52. The maximum Gasteiger partial charge on any atom is 0.359 e. The third-order valence-electron chi connectivity index (χ3n) is 1.66. The van der Waals surface area contributed by atoms with E-state index in [1.54, 1.807) is 6.92 Å². The van der Waals surface area contributed by atoms with Crippen molar-refractivity contribution in [1.82, 2.24) is 4.98 Å². The number of hydrogen-bond acceptors (Lipinski definition) is 7. The Labute approximate surface area is 113 Å². The summed E-state index contributed by atoms with van der Waals surface area (Å²) in [5.41, 5.74) is 5.68. The van der Waals surface area contributed by atoms with E-state index in [9.17, 15) is 9.59 Å². The Bertz CT molecular complexity index is 514. The van der Waals surface area contributed by atoms with Gasteiger partial charge in [0.25, 0.3) is 0 Å². The summed E-state index contributed by atoms with van der Waals surface area (Å²) >= 11 is 2.23. The molecule has 0 aliphatic heterocycles. The molecule has 0 radical (unpaired) electrons. The van der Waals surface area contributed by atoms with Gasteiger partial charge in [-0.15, -0.1) is 0 Å². The first-order valence-corrected chi connectivity index (χ1v) is 6.90. The highest BCUT2D eigenvalue weighted by molar-refractivity contribution is 8.13. The second-order valence-electron chi connectivity index (χ2n) is 3.03. The minimum Gasteiger partial charge on any atom is -0.461 e. The third kappa shape index (κ3) is 4.39. The van der Waals surface area contributed by atoms with Gasteiger partial charge in [-0.25, -0.2) is 9.78 Å². The number of hydrogen-bond donors (Lipinski definition) is 1. The molecule has 0 unspecified atom stereocenters. The van der Waals surface area contributed by atoms with Crippen molar-refractivity contribution in [2.24, 2.45) is 0 Å². The number of ether oxygens (including phenoxy) is 1. The number of nitrogens with two attached hydrogens (primary N) is 1. The smallest absolute Gasteiger partial charge is 0.359 e. The van der Waals surface area contributed by atoms with Crippen LogP contribution in [0.15, 0.2) is 0 Å². The number of thioether (sulfide) groups is 1. The van der Waals surface area contributed by atoms with Crippen LogP contribution in [0.1, 0.15) is 29.2 Å². The highest BCUT2D eigenvalue weighted by atomic mass is 32.2. The fraction of sp³-hybridized carbons (Fsp3) is 0.364. The summed E-state index contributed by atoms with van der Waals surface area (Å²) in [5.74, 6) is 5.40. The number of nitrogens with zero attached hydrogens (tertiary/aromatic N) is 1. The van der Waals surface area contributed by atoms with Crippen LogP contribution < -0.4 is 5.73 Å². The molecule has 0 atom stereocenters. The first kappa shape index (κ1) is 14.5. The minimum absolute atomic E-state index is 0.00117. The van der Waals surface area contributed by atoms with Crippen LogP contribution in [0.4, 0.5) is 5.13 Å². The molecular formula is C11H12N2O3S2. The van der Waals surface area contributed by atoms with E-state index in [-0.39, 0.29) is 22.5 Å². The van der Waals surface area contributed by atoms with E-state index in [4.69, 9.17) is 10.5 Å². The van der Waals surface area contributed by atoms with Gasteiger partial charge >= 0.3 is 5.97 Å². The van der Waals surface area contributed by atoms with Crippen molar-refractivity contribution in [3.05, 3.63) is 10.6 Å². The zero-order valence-electron chi connectivity index (χ0n) is 9.98. The molecule has 0 spiro atoms. The molecule has 0 fully saturated rings. The Morgan fingerprint density at radius 1 is 1.56 bits per heavy atom. The van der Waals surface area contributed by atoms with Crippen molar-refractivity contribution in [2.75, 3.05) is 18.1 Å². The number of anilines is 1. The molecule has 18 heavy (non-hydrogen) atoms. The standard InChI is InChI=1S/C11H12N2O3S2/c1-3-16-10(15)9-8(18-11(12)13-9)5-4-6-17-7(2)14/h3,6H2,1-2H3,(H2,12,13). The molecule has 1 aromatic rings. The number of nitrogen functional groups attached to an aromatic ring is 1. The number of rotatable bonds is 3. The number of carbonyl (C=O) groups is 2. The number of aromatic nitrogens is 1. The van der Waals surface area contributed by atoms with Crippen molar-refractivity contribution >= 4 is 39.3 Å². The molecule has 5 nitrogen and oxygen atoms in total. The molecular weight excluding hydrogens is 272 g/mol. The molecule has 2 N–H and O–H groups in total. The van der Waals surface area contributed by atoms with Gasteiger partial charge in [-0.1, -0.05) is 34.9 Å². The fourth-order valence-corrected chi connectivity index (χ4v) is 2.06. The van der Waals surface area contributed by atoms with Crippen molar-refractivity contribution in [3.8, 4) is 11.8 Å². The lowest BCUT2D eigenvalue weighted by molar-refractivity contribution is -0.109. The second kappa shape index (κ2) is 7.03. The van der Waals surface area contributed by atoms with Crippen LogP contribution in [0.25, 0.3) is 0 Å². The molecule has 96 valence electrons. The zero-order valence-corrected chi connectivity index (χ0v) is 11.6. The topological polar surface area (TPSA) is 82.3 Å². The van der Waals surface area contributed by atoms with Gasteiger partial charge in [-0.3, -0.25) is 4.79 Å². The minimum atomic E-state index is -0.533. The molecule has 1 rings (SSSR count). The maximum atomic E-state index is 11.6. The van der Waals surface area contributed by atoms with Crippen LogP contribution in [0, 0.1) is 11.8 Å². The van der Waals surface area contributed by atoms with E-state index >= 15 is 0 Å². The Morgan fingerprint density at radius 2 is 2.28 bits per heavy atom. The Morgan fingerprint density at radius 3 is 2.89 bits per heavy atom. The predicted octanol–water partition coefficient (Wildman–Crippen LogP) is 1.53. The average Bonchev–Trinajstić information content (AvgIpc) is 2.66. The van der Waals surface area contributed by atoms with Crippen molar-refractivity contribution < 1.29 is 14.3 Å². The molecule has 0 saturated carbocycles. The van der Waals surface area contributed by atoms with Gasteiger partial charge in [0, 0.05) is 6.92 Å². The molecule has 7 heteroatoms. The molecule has 0 aliphatic carbocycles. The summed E-state index contributed by atoms with van der Waals surface area (Å²) < 4.78 is 4.85. The normalized spacial score (nSPS) is 9.44. The van der Waals surface area contributed by atoms with E-state index < -0.39 is 5.97 Å². The van der Waals surface area contributed by atoms with Gasteiger partial charge in [-0.2, -0.15) is 0 Å². The van der Waals surface area contributed by atoms with E-state index in [0.29, 0.717) is 10.6 Å². The van der Waals surface area contributed by atoms with Crippen molar-refractivity contribution in [2.45, 2.75) is 13.8 Å². The third-order valence-corrected chi connectivity index (χ3v) is 3.16. The lowest BCUT2D eigenvalue weighted by atomic mass is 10.3. The first-order valence-electron chi connectivity index (χ1n) is 5.10. The quantitative estimate of drug-likeness (QED) is 0.669. The summed E-state index contributed by atoms with van der Waals surface area (Å²) in [6, 6.07) is 0. The van der Waals surface area contributed by atoms with Crippen LogP contribution in [0.3, 0.4) is 0 Å². The largest absolute Gasteiger partial charge is 0.461 e. The van der Waals surface area contributed by atoms with Crippen LogP contribution >= 0.6 is 23.1 Å². The summed E-state index contributed by atoms with van der Waals surface area (Å²) in [6.07, 6.45) is 0. The van der Waals surface area contributed by atoms with Gasteiger partial charge in [0.15, 0.2) is 15.9 Å². The van der Waals surface area contributed by atoms with E-state index in [1.807, 2.05) is 0 Å². The predicted molar refractivity (Wildman–Crippen MR) is 72.5 cm³/mol. The highest BCUT2D eigenvalue weighted by Gasteiger charge is 2.16. The molecule has 1 heterocycles. The lowest BCUT2D eigenvalue weighted by Crippen LogP contribution is -2.06. The monoisotopic (exact) mass is 284 g/mol. The number of esters is 1. The average molecular weight is 284 g/mol. The molecule has 1 aromatic heterocycles. The summed E-state index contributed by atoms with van der Waals surface area (Å²) in [5, 5.41) is 0.264. The molecule has 0 amide bonds. The second-order valence-corrected chi connectivity index (χ2v) is 5.22. The maximum absolute atomic E-state index is 11.6. The van der Waals surface area contributed by atoms with Gasteiger partial charge in [0.1, 0.15) is 4.88 Å². The molecule has 0 aliphatic rings. The van der Waals surface area contributed by atoms with Crippen LogP contribution in [0.2, 0.25) is 0 Å². The van der Waals surface area contributed by atoms with Gasteiger partial charge in [0.2, 0.25) is 0 Å². The fourth-order valence-electron chi connectivity index (χ4n) is 1.01. The van der Waals surface area contributed by atoms with E-state index in [1.165, 1.54) is 6.92 Å².